The summed E-state index contributed by atoms with van der Waals surface area (Å²) < 4.78 is 5.58. The summed E-state index contributed by atoms with van der Waals surface area (Å²) in [4.78, 5) is 14.3. The van der Waals surface area contributed by atoms with Crippen LogP contribution in [0.5, 0.6) is 0 Å². The predicted octanol–water partition coefficient (Wildman–Crippen LogP) is 1.53. The van der Waals surface area contributed by atoms with Crippen molar-refractivity contribution in [3.05, 3.63) is 0 Å². The van der Waals surface area contributed by atoms with Gasteiger partial charge in [0.05, 0.1) is 11.6 Å². The molecule has 4 nitrogen and oxygen atoms in total. The van der Waals surface area contributed by atoms with Crippen LogP contribution in [0.4, 0.5) is 0 Å². The van der Waals surface area contributed by atoms with Crippen LogP contribution in [0.15, 0.2) is 0 Å². The van der Waals surface area contributed by atoms with Crippen LogP contribution in [0.3, 0.4) is 0 Å². The zero-order valence-electron chi connectivity index (χ0n) is 11.7. The Kier molecular flexibility index (Phi) is 4.28. The highest BCUT2D eigenvalue weighted by molar-refractivity contribution is 5.86. The Morgan fingerprint density at radius 3 is 2.83 bits per heavy atom. The minimum Gasteiger partial charge on any atom is -0.376 e. The Balaban J connectivity index is 1.91. The van der Waals surface area contributed by atoms with Gasteiger partial charge in [0.15, 0.2) is 0 Å². The summed E-state index contributed by atoms with van der Waals surface area (Å²) in [5.41, 5.74) is 5.70. The number of hydrogen-bond acceptors (Lipinski definition) is 3. The number of nitrogens with zero attached hydrogens (tertiary/aromatic N) is 1. The molecule has 2 aliphatic rings. The minimum absolute atomic E-state index is 0.101. The molecule has 0 aromatic rings. The van der Waals surface area contributed by atoms with Gasteiger partial charge in [0.2, 0.25) is 5.91 Å². The topological polar surface area (TPSA) is 55.6 Å². The molecule has 104 valence electrons. The third kappa shape index (κ3) is 3.04. The fourth-order valence-corrected chi connectivity index (χ4v) is 3.34. The van der Waals surface area contributed by atoms with E-state index >= 15 is 0 Å². The standard InChI is InChI=1S/C14H26N2O2/c1-11-5-3-7-14(15,9-11)13(17)16(2)10-12-6-4-8-18-12/h11-12H,3-10,15H2,1-2H3. The normalized spacial score (nSPS) is 36.6. The molecule has 4 heteroatoms. The summed E-state index contributed by atoms with van der Waals surface area (Å²) in [6, 6.07) is 0. The van der Waals surface area contributed by atoms with Crippen LogP contribution in [-0.4, -0.2) is 42.6 Å². The van der Waals surface area contributed by atoms with Crippen LogP contribution in [0.2, 0.25) is 0 Å². The van der Waals surface area contributed by atoms with Gasteiger partial charge in [-0.05, 0) is 31.6 Å². The van der Waals surface area contributed by atoms with Gasteiger partial charge >= 0.3 is 0 Å². The molecule has 1 aliphatic heterocycles. The van der Waals surface area contributed by atoms with E-state index in [0.717, 1.165) is 38.7 Å². The Bertz CT molecular complexity index is 302. The fraction of sp³-hybridized carbons (Fsp3) is 0.929. The third-order valence-corrected chi connectivity index (χ3v) is 4.31. The Labute approximate surface area is 110 Å². The first-order chi connectivity index (χ1) is 8.51. The van der Waals surface area contributed by atoms with Gasteiger partial charge in [-0.25, -0.2) is 0 Å². The smallest absolute Gasteiger partial charge is 0.242 e. The quantitative estimate of drug-likeness (QED) is 0.831. The van der Waals surface area contributed by atoms with E-state index in [2.05, 4.69) is 6.92 Å². The second-order valence-corrected chi connectivity index (χ2v) is 6.18. The van der Waals surface area contributed by atoms with Crippen molar-refractivity contribution in [3.8, 4) is 0 Å². The molecule has 2 rings (SSSR count). The number of hydrogen-bond donors (Lipinski definition) is 1. The Hall–Kier alpha value is -0.610. The lowest BCUT2D eigenvalue weighted by Crippen LogP contribution is -2.57. The van der Waals surface area contributed by atoms with Crippen molar-refractivity contribution in [1.29, 1.82) is 0 Å². The van der Waals surface area contributed by atoms with E-state index in [-0.39, 0.29) is 12.0 Å². The first-order valence-electron chi connectivity index (χ1n) is 7.17. The van der Waals surface area contributed by atoms with Crippen LogP contribution in [0.1, 0.15) is 45.4 Å². The van der Waals surface area contributed by atoms with Crippen LogP contribution >= 0.6 is 0 Å². The van der Waals surface area contributed by atoms with Crippen molar-refractivity contribution < 1.29 is 9.53 Å². The highest BCUT2D eigenvalue weighted by atomic mass is 16.5. The summed E-state index contributed by atoms with van der Waals surface area (Å²) >= 11 is 0. The third-order valence-electron chi connectivity index (χ3n) is 4.31. The average Bonchev–Trinajstić information content (AvgIpc) is 2.80. The number of ether oxygens (including phenoxy) is 1. The molecule has 3 atom stereocenters. The summed E-state index contributed by atoms with van der Waals surface area (Å²) in [6.07, 6.45) is 6.29. The molecule has 1 heterocycles. The Morgan fingerprint density at radius 1 is 1.44 bits per heavy atom. The monoisotopic (exact) mass is 254 g/mol. The lowest BCUT2D eigenvalue weighted by atomic mass is 9.76. The van der Waals surface area contributed by atoms with Gasteiger partial charge in [-0.1, -0.05) is 19.8 Å². The zero-order valence-corrected chi connectivity index (χ0v) is 11.7. The highest BCUT2D eigenvalue weighted by Crippen LogP contribution is 2.31. The molecule has 0 aromatic heterocycles. The van der Waals surface area contributed by atoms with Gasteiger partial charge in [0.25, 0.3) is 0 Å². The largest absolute Gasteiger partial charge is 0.376 e. The van der Waals surface area contributed by atoms with E-state index in [0.29, 0.717) is 12.5 Å². The van der Waals surface area contributed by atoms with Crippen LogP contribution in [0.25, 0.3) is 0 Å². The van der Waals surface area contributed by atoms with Crippen LogP contribution < -0.4 is 5.73 Å². The zero-order chi connectivity index (χ0) is 13.2. The molecule has 2 fully saturated rings. The number of carbonyl (C=O) groups excluding carboxylic acids is 1. The van der Waals surface area contributed by atoms with Crippen molar-refractivity contribution in [2.24, 2.45) is 11.7 Å². The van der Waals surface area contributed by atoms with E-state index in [1.807, 2.05) is 7.05 Å². The number of nitrogens with two attached hydrogens (primary N) is 1. The molecule has 18 heavy (non-hydrogen) atoms. The van der Waals surface area contributed by atoms with Crippen molar-refractivity contribution in [3.63, 3.8) is 0 Å². The molecule has 1 amide bonds. The molecule has 1 aliphatic carbocycles. The molecular formula is C14H26N2O2. The van der Waals surface area contributed by atoms with Crippen molar-refractivity contribution in [2.45, 2.75) is 57.1 Å². The molecular weight excluding hydrogens is 228 g/mol. The number of amides is 1. The molecule has 0 aromatic carbocycles. The summed E-state index contributed by atoms with van der Waals surface area (Å²) in [5.74, 6) is 0.661. The van der Waals surface area contributed by atoms with E-state index < -0.39 is 5.54 Å². The van der Waals surface area contributed by atoms with Gasteiger partial charge in [0.1, 0.15) is 0 Å². The maximum atomic E-state index is 12.5. The molecule has 1 saturated heterocycles. The second-order valence-electron chi connectivity index (χ2n) is 6.18. The lowest BCUT2D eigenvalue weighted by molar-refractivity contribution is -0.138. The molecule has 1 saturated carbocycles. The maximum absolute atomic E-state index is 12.5. The molecule has 0 radical (unpaired) electrons. The van der Waals surface area contributed by atoms with E-state index in [9.17, 15) is 4.79 Å². The number of carbonyl (C=O) groups is 1. The summed E-state index contributed by atoms with van der Waals surface area (Å²) in [5, 5.41) is 0. The average molecular weight is 254 g/mol. The van der Waals surface area contributed by atoms with Crippen LogP contribution in [-0.2, 0) is 9.53 Å². The molecule has 3 unspecified atom stereocenters. The van der Waals surface area contributed by atoms with E-state index in [1.165, 1.54) is 6.42 Å². The molecule has 0 spiro atoms. The maximum Gasteiger partial charge on any atom is 0.242 e. The van der Waals surface area contributed by atoms with Crippen molar-refractivity contribution >= 4 is 5.91 Å². The van der Waals surface area contributed by atoms with E-state index in [1.54, 1.807) is 4.90 Å². The van der Waals surface area contributed by atoms with Gasteiger partial charge in [0, 0.05) is 20.2 Å². The first-order valence-corrected chi connectivity index (χ1v) is 7.17. The van der Waals surface area contributed by atoms with Gasteiger partial charge in [-0.15, -0.1) is 0 Å². The van der Waals surface area contributed by atoms with Crippen LogP contribution in [0, 0.1) is 5.92 Å². The molecule has 0 bridgehead atoms. The van der Waals surface area contributed by atoms with Crippen molar-refractivity contribution in [1.82, 2.24) is 4.90 Å². The molecule has 2 N–H and O–H groups in total. The second kappa shape index (κ2) is 5.57. The number of likely N-dealkylation sites (N-methyl/N-ethyl adjacent to an activating group) is 1. The van der Waals surface area contributed by atoms with Gasteiger partial charge < -0.3 is 15.4 Å². The Morgan fingerprint density at radius 2 is 2.22 bits per heavy atom. The van der Waals surface area contributed by atoms with Gasteiger partial charge in [-0.3, -0.25) is 4.79 Å². The minimum atomic E-state index is -0.634. The summed E-state index contributed by atoms with van der Waals surface area (Å²) in [6.45, 7) is 3.71. The lowest BCUT2D eigenvalue weighted by Gasteiger charge is -2.38. The summed E-state index contributed by atoms with van der Waals surface area (Å²) in [7, 11) is 1.86. The highest BCUT2D eigenvalue weighted by Gasteiger charge is 2.40. The number of rotatable bonds is 3. The SMILES string of the molecule is CC1CCCC(N)(C(=O)N(C)CC2CCCO2)C1. The van der Waals surface area contributed by atoms with Crippen molar-refractivity contribution in [2.75, 3.05) is 20.2 Å². The fourth-order valence-electron chi connectivity index (χ4n) is 3.34. The van der Waals surface area contributed by atoms with E-state index in [4.69, 9.17) is 10.5 Å². The predicted molar refractivity (Wildman–Crippen MR) is 71.2 cm³/mol. The first kappa shape index (κ1) is 13.8. The van der Waals surface area contributed by atoms with Gasteiger partial charge in [-0.2, -0.15) is 0 Å².